The minimum absolute atomic E-state index is 0.0547. The normalized spacial score (nSPS) is 14.5. The van der Waals surface area contributed by atoms with Gasteiger partial charge in [-0.05, 0) is 12.1 Å². The first-order valence-electron chi connectivity index (χ1n) is 3.69. The molecule has 0 saturated carbocycles. The van der Waals surface area contributed by atoms with Gasteiger partial charge >= 0.3 is 0 Å². The fourth-order valence-corrected chi connectivity index (χ4v) is 1.96. The van der Waals surface area contributed by atoms with Crippen molar-refractivity contribution >= 4 is 22.9 Å². The Bertz CT molecular complexity index is 282. The number of halogens is 3. The van der Waals surface area contributed by atoms with Crippen LogP contribution in [0, 0.1) is 0 Å². The van der Waals surface area contributed by atoms with Gasteiger partial charge in [0.05, 0.1) is 4.34 Å². The summed E-state index contributed by atoms with van der Waals surface area (Å²) in [5, 5.41) is 9.06. The van der Waals surface area contributed by atoms with Gasteiger partial charge in [-0.3, -0.25) is 0 Å². The summed E-state index contributed by atoms with van der Waals surface area (Å²) in [5.74, 6) is -3.06. The van der Waals surface area contributed by atoms with E-state index < -0.39 is 12.0 Å². The molecule has 74 valence electrons. The molecule has 0 spiro atoms. The van der Waals surface area contributed by atoms with Gasteiger partial charge in [-0.25, -0.2) is 8.78 Å². The average Bonchev–Trinajstić information content (AvgIpc) is 2.33. The number of thiophene rings is 1. The van der Waals surface area contributed by atoms with E-state index in [0.29, 0.717) is 16.1 Å². The summed E-state index contributed by atoms with van der Waals surface area (Å²) in [7, 11) is 0. The predicted octanol–water partition coefficient (Wildman–Crippen LogP) is 2.96. The van der Waals surface area contributed by atoms with Crippen LogP contribution in [0.2, 0.25) is 4.34 Å². The Labute approximate surface area is 84.0 Å². The molecule has 0 radical (unpaired) electrons. The largest absolute Gasteiger partial charge is 0.386 e. The van der Waals surface area contributed by atoms with Gasteiger partial charge < -0.3 is 5.11 Å². The predicted molar refractivity (Wildman–Crippen MR) is 49.7 cm³/mol. The molecule has 5 heteroatoms. The zero-order valence-corrected chi connectivity index (χ0v) is 8.50. The van der Waals surface area contributed by atoms with Gasteiger partial charge in [-0.1, -0.05) is 11.6 Å². The lowest BCUT2D eigenvalue weighted by Crippen LogP contribution is -2.31. The molecule has 0 aromatic carbocycles. The Balaban J connectivity index is 2.60. The van der Waals surface area contributed by atoms with Crippen molar-refractivity contribution in [2.24, 2.45) is 0 Å². The topological polar surface area (TPSA) is 20.2 Å². The molecule has 0 saturated heterocycles. The maximum absolute atomic E-state index is 12.5. The number of rotatable bonds is 3. The van der Waals surface area contributed by atoms with E-state index in [-0.39, 0.29) is 6.42 Å². The van der Waals surface area contributed by atoms with Crippen LogP contribution in [0.1, 0.15) is 11.8 Å². The van der Waals surface area contributed by atoms with Gasteiger partial charge in [0.2, 0.25) is 0 Å². The fourth-order valence-electron chi connectivity index (χ4n) is 0.831. The minimum Gasteiger partial charge on any atom is -0.386 e. The summed E-state index contributed by atoms with van der Waals surface area (Å²) < 4.78 is 25.6. The van der Waals surface area contributed by atoms with Crippen molar-refractivity contribution in [2.45, 2.75) is 25.4 Å². The number of aliphatic hydroxyl groups is 1. The number of aliphatic hydroxyl groups excluding tert-OH is 1. The van der Waals surface area contributed by atoms with E-state index in [1.807, 2.05) is 0 Å². The van der Waals surface area contributed by atoms with Crippen molar-refractivity contribution in [3.05, 3.63) is 21.3 Å². The van der Waals surface area contributed by atoms with Gasteiger partial charge in [-0.2, -0.15) is 0 Å². The van der Waals surface area contributed by atoms with E-state index in [2.05, 4.69) is 0 Å². The second-order valence-electron chi connectivity index (χ2n) is 2.88. The lowest BCUT2D eigenvalue weighted by molar-refractivity contribution is -0.0918. The second kappa shape index (κ2) is 3.90. The van der Waals surface area contributed by atoms with Crippen molar-refractivity contribution in [1.29, 1.82) is 0 Å². The van der Waals surface area contributed by atoms with Gasteiger partial charge in [0, 0.05) is 18.2 Å². The zero-order valence-electron chi connectivity index (χ0n) is 6.93. The molecule has 1 N–H and O–H groups in total. The van der Waals surface area contributed by atoms with E-state index >= 15 is 0 Å². The molecule has 0 aliphatic carbocycles. The van der Waals surface area contributed by atoms with Crippen molar-refractivity contribution in [3.63, 3.8) is 0 Å². The first-order valence-corrected chi connectivity index (χ1v) is 4.89. The standard InChI is InChI=1S/C8H9ClF2OS/c1-8(10,11)6(12)4-5-2-3-7(9)13-5/h2-3,6,12H,4H2,1H3. The van der Waals surface area contributed by atoms with Gasteiger partial charge in [0.1, 0.15) is 6.10 Å². The summed E-state index contributed by atoms with van der Waals surface area (Å²) >= 11 is 6.81. The first-order chi connectivity index (χ1) is 5.89. The quantitative estimate of drug-likeness (QED) is 0.840. The molecule has 13 heavy (non-hydrogen) atoms. The summed E-state index contributed by atoms with van der Waals surface area (Å²) in [6, 6.07) is 3.27. The van der Waals surface area contributed by atoms with Gasteiger partial charge in [0.15, 0.2) is 0 Å². The first kappa shape index (κ1) is 10.9. The average molecular weight is 227 g/mol. The lowest BCUT2D eigenvalue weighted by atomic mass is 10.1. The molecule has 1 heterocycles. The molecule has 1 rings (SSSR count). The lowest BCUT2D eigenvalue weighted by Gasteiger charge is -2.16. The third kappa shape index (κ3) is 3.21. The van der Waals surface area contributed by atoms with Gasteiger partial charge in [0.25, 0.3) is 5.92 Å². The SMILES string of the molecule is CC(F)(F)C(O)Cc1ccc(Cl)s1. The number of alkyl halides is 2. The van der Waals surface area contributed by atoms with Crippen LogP contribution >= 0.6 is 22.9 Å². The third-order valence-corrected chi connectivity index (χ3v) is 2.86. The highest BCUT2D eigenvalue weighted by Gasteiger charge is 2.32. The molecule has 1 unspecified atom stereocenters. The van der Waals surface area contributed by atoms with E-state index in [0.717, 1.165) is 0 Å². The van der Waals surface area contributed by atoms with Gasteiger partial charge in [-0.15, -0.1) is 11.3 Å². The maximum Gasteiger partial charge on any atom is 0.271 e. The Morgan fingerprint density at radius 3 is 2.62 bits per heavy atom. The van der Waals surface area contributed by atoms with Crippen molar-refractivity contribution in [3.8, 4) is 0 Å². The van der Waals surface area contributed by atoms with Crippen molar-refractivity contribution < 1.29 is 13.9 Å². The smallest absolute Gasteiger partial charge is 0.271 e. The molecular weight excluding hydrogens is 218 g/mol. The number of hydrogen-bond acceptors (Lipinski definition) is 2. The minimum atomic E-state index is -3.06. The molecular formula is C8H9ClF2OS. The highest BCUT2D eigenvalue weighted by molar-refractivity contribution is 7.16. The summed E-state index contributed by atoms with van der Waals surface area (Å²) in [6.07, 6.45) is -1.69. The summed E-state index contributed by atoms with van der Waals surface area (Å²) in [4.78, 5) is 0.666. The van der Waals surface area contributed by atoms with Crippen LogP contribution in [0.5, 0.6) is 0 Å². The van der Waals surface area contributed by atoms with Crippen LogP contribution in [-0.4, -0.2) is 17.1 Å². The van der Waals surface area contributed by atoms with Crippen LogP contribution in [0.3, 0.4) is 0 Å². The summed E-state index contributed by atoms with van der Waals surface area (Å²) in [6.45, 7) is 0.701. The molecule has 0 aliphatic rings. The van der Waals surface area contributed by atoms with Crippen molar-refractivity contribution in [2.75, 3.05) is 0 Å². The van der Waals surface area contributed by atoms with Crippen LogP contribution in [0.15, 0.2) is 12.1 Å². The van der Waals surface area contributed by atoms with Crippen LogP contribution < -0.4 is 0 Å². The number of hydrogen-bond donors (Lipinski definition) is 1. The Hall–Kier alpha value is -0.190. The Morgan fingerprint density at radius 1 is 1.62 bits per heavy atom. The van der Waals surface area contributed by atoms with E-state index in [1.54, 1.807) is 12.1 Å². The molecule has 0 amide bonds. The zero-order chi connectivity index (χ0) is 10.1. The summed E-state index contributed by atoms with van der Waals surface area (Å²) in [5.41, 5.74) is 0. The monoisotopic (exact) mass is 226 g/mol. The highest BCUT2D eigenvalue weighted by Crippen LogP contribution is 2.26. The fraction of sp³-hybridized carbons (Fsp3) is 0.500. The Kier molecular flexibility index (Phi) is 3.27. The van der Waals surface area contributed by atoms with E-state index in [1.165, 1.54) is 11.3 Å². The van der Waals surface area contributed by atoms with E-state index in [9.17, 15) is 8.78 Å². The molecule has 1 aromatic rings. The molecule has 1 aromatic heterocycles. The van der Waals surface area contributed by atoms with Crippen molar-refractivity contribution in [1.82, 2.24) is 0 Å². The molecule has 1 nitrogen and oxygen atoms in total. The van der Waals surface area contributed by atoms with E-state index in [4.69, 9.17) is 16.7 Å². The van der Waals surface area contributed by atoms with Crippen LogP contribution in [0.4, 0.5) is 8.78 Å². The van der Waals surface area contributed by atoms with Crippen LogP contribution in [-0.2, 0) is 6.42 Å². The highest BCUT2D eigenvalue weighted by atomic mass is 35.5. The van der Waals surface area contributed by atoms with Crippen LogP contribution in [0.25, 0.3) is 0 Å². The molecule has 0 fully saturated rings. The Morgan fingerprint density at radius 2 is 2.23 bits per heavy atom. The maximum atomic E-state index is 12.5. The molecule has 0 bridgehead atoms. The molecule has 1 atom stereocenters. The third-order valence-electron chi connectivity index (χ3n) is 1.61. The second-order valence-corrected chi connectivity index (χ2v) is 4.68. The molecule has 0 aliphatic heterocycles.